The molecule has 2 rings (SSSR count). The zero-order chi connectivity index (χ0) is 9.10. The molecule has 14 heavy (non-hydrogen) atoms. The quantitative estimate of drug-likeness (QED) is 0.760. The Kier molecular flexibility index (Phi) is 4.17. The van der Waals surface area contributed by atoms with Crippen LogP contribution < -0.4 is 0 Å². The molecule has 0 fully saturated rings. The normalized spacial score (nSPS) is 15.8. The Labute approximate surface area is 94.3 Å². The molecule has 0 aliphatic carbocycles. The van der Waals surface area contributed by atoms with Gasteiger partial charge < -0.3 is 0 Å². The van der Waals surface area contributed by atoms with Crippen molar-refractivity contribution in [1.29, 1.82) is 0 Å². The summed E-state index contributed by atoms with van der Waals surface area (Å²) in [4.78, 5) is 1.29. The molecule has 2 heterocycles. The lowest BCUT2D eigenvalue weighted by Gasteiger charge is -2.00. The van der Waals surface area contributed by atoms with Crippen molar-refractivity contribution in [3.05, 3.63) is 28.5 Å². The summed E-state index contributed by atoms with van der Waals surface area (Å²) in [6.07, 6.45) is 5.30. The van der Waals surface area contributed by atoms with Crippen LogP contribution in [0.4, 0.5) is 0 Å². The molecule has 2 nitrogen and oxygen atoms in total. The van der Waals surface area contributed by atoms with Crippen LogP contribution in [0.25, 0.3) is 6.08 Å². The smallest absolute Gasteiger partial charge is 0.0624 e. The lowest BCUT2D eigenvalue weighted by Crippen LogP contribution is -2.04. The Balaban J connectivity index is 0.000000980. The highest BCUT2D eigenvalue weighted by Gasteiger charge is 2.06. The van der Waals surface area contributed by atoms with Gasteiger partial charge >= 0.3 is 0 Å². The van der Waals surface area contributed by atoms with Crippen LogP contribution in [-0.2, 0) is 0 Å². The van der Waals surface area contributed by atoms with Crippen molar-refractivity contribution >= 4 is 35.5 Å². The molecule has 0 saturated heterocycles. The second kappa shape index (κ2) is 5.17. The molecule has 0 saturated carbocycles. The number of hydrogen-bond donors (Lipinski definition) is 0. The fourth-order valence-corrected chi connectivity index (χ4v) is 1.89. The topological polar surface area (TPSA) is 15.6 Å². The second-order valence-electron chi connectivity index (χ2n) is 3.07. The molecule has 1 aromatic rings. The predicted octanol–water partition coefficient (Wildman–Crippen LogP) is 2.87. The van der Waals surface area contributed by atoms with Crippen LogP contribution in [0.5, 0.6) is 0 Å². The fraction of sp³-hybridized carbons (Fsp3) is 0.300. The fourth-order valence-electron chi connectivity index (χ4n) is 1.28. The summed E-state index contributed by atoms with van der Waals surface area (Å²) in [5.41, 5.74) is 1.18. The first kappa shape index (κ1) is 11.3. The van der Waals surface area contributed by atoms with Crippen LogP contribution in [-0.4, -0.2) is 24.3 Å². The number of rotatable bonds is 2. The molecule has 0 aromatic carbocycles. The molecule has 0 radical (unpaired) electrons. The number of halogens is 1. The van der Waals surface area contributed by atoms with Gasteiger partial charge in [-0.3, -0.25) is 5.01 Å². The third-order valence-corrected chi connectivity index (χ3v) is 2.81. The number of nitrogens with zero attached hydrogens (tertiary/aromatic N) is 2. The van der Waals surface area contributed by atoms with Crippen molar-refractivity contribution in [2.45, 2.75) is 6.42 Å². The number of allylic oxidation sites excluding steroid dienone is 1. The van der Waals surface area contributed by atoms with Gasteiger partial charge in [0.15, 0.2) is 0 Å². The SMILES string of the molecule is CN1CCC(/C=C/c2cccs2)=N1.Cl. The summed E-state index contributed by atoms with van der Waals surface area (Å²) in [6, 6.07) is 4.17. The highest BCUT2D eigenvalue weighted by molar-refractivity contribution is 7.10. The van der Waals surface area contributed by atoms with Crippen molar-refractivity contribution < 1.29 is 0 Å². The van der Waals surface area contributed by atoms with E-state index in [1.807, 2.05) is 12.1 Å². The van der Waals surface area contributed by atoms with Crippen LogP contribution in [0.3, 0.4) is 0 Å². The summed E-state index contributed by atoms with van der Waals surface area (Å²) in [7, 11) is 2.01. The van der Waals surface area contributed by atoms with E-state index < -0.39 is 0 Å². The van der Waals surface area contributed by atoms with E-state index in [1.165, 1.54) is 10.6 Å². The van der Waals surface area contributed by atoms with E-state index in [2.05, 4.69) is 34.8 Å². The molecular weight excluding hydrogens is 216 g/mol. The van der Waals surface area contributed by atoms with Crippen molar-refractivity contribution in [3.8, 4) is 0 Å². The summed E-state index contributed by atoms with van der Waals surface area (Å²) in [5, 5.41) is 8.42. The van der Waals surface area contributed by atoms with Gasteiger partial charge in [0, 0.05) is 24.9 Å². The molecule has 1 aromatic heterocycles. The van der Waals surface area contributed by atoms with E-state index in [9.17, 15) is 0 Å². The van der Waals surface area contributed by atoms with Crippen LogP contribution in [0.15, 0.2) is 28.7 Å². The molecule has 4 heteroatoms. The molecular formula is C10H13ClN2S. The van der Waals surface area contributed by atoms with Gasteiger partial charge in [-0.05, 0) is 23.6 Å². The van der Waals surface area contributed by atoms with Crippen molar-refractivity contribution in [2.24, 2.45) is 5.10 Å². The first-order valence-corrected chi connectivity index (χ1v) is 5.23. The first-order chi connectivity index (χ1) is 6.34. The maximum Gasteiger partial charge on any atom is 0.0624 e. The molecule has 0 unspecified atom stereocenters. The zero-order valence-corrected chi connectivity index (χ0v) is 9.64. The minimum atomic E-state index is 0. The van der Waals surface area contributed by atoms with Gasteiger partial charge in [0.05, 0.1) is 5.71 Å². The first-order valence-electron chi connectivity index (χ1n) is 4.35. The maximum absolute atomic E-state index is 4.36. The third-order valence-electron chi connectivity index (χ3n) is 1.97. The van der Waals surface area contributed by atoms with Crippen molar-refractivity contribution in [1.82, 2.24) is 5.01 Å². The van der Waals surface area contributed by atoms with E-state index in [0.29, 0.717) is 0 Å². The van der Waals surface area contributed by atoms with E-state index in [0.717, 1.165) is 13.0 Å². The standard InChI is InChI=1S/C10H12N2S.ClH/c1-12-7-6-9(11-12)4-5-10-3-2-8-13-10;/h2-5,8H,6-7H2,1H3;1H/b5-4+;. The van der Waals surface area contributed by atoms with Gasteiger partial charge in [0.1, 0.15) is 0 Å². The van der Waals surface area contributed by atoms with Gasteiger partial charge in [-0.15, -0.1) is 23.7 Å². The summed E-state index contributed by atoms with van der Waals surface area (Å²) >= 11 is 1.75. The largest absolute Gasteiger partial charge is 0.299 e. The van der Waals surface area contributed by atoms with Gasteiger partial charge in [-0.1, -0.05) is 6.07 Å². The van der Waals surface area contributed by atoms with Crippen LogP contribution in [0, 0.1) is 0 Å². The van der Waals surface area contributed by atoms with Gasteiger partial charge in [-0.2, -0.15) is 5.10 Å². The number of thiophene rings is 1. The monoisotopic (exact) mass is 228 g/mol. The lowest BCUT2D eigenvalue weighted by molar-refractivity contribution is 0.393. The Hall–Kier alpha value is -0.800. The van der Waals surface area contributed by atoms with Crippen molar-refractivity contribution in [3.63, 3.8) is 0 Å². The summed E-state index contributed by atoms with van der Waals surface area (Å²) in [6.45, 7) is 1.05. The lowest BCUT2D eigenvalue weighted by atomic mass is 10.2. The molecule has 76 valence electrons. The third kappa shape index (κ3) is 2.86. The second-order valence-corrected chi connectivity index (χ2v) is 4.05. The van der Waals surface area contributed by atoms with E-state index in [4.69, 9.17) is 0 Å². The number of hydrogen-bond acceptors (Lipinski definition) is 3. The molecule has 0 spiro atoms. The van der Waals surface area contributed by atoms with Gasteiger partial charge in [0.25, 0.3) is 0 Å². The molecule has 0 N–H and O–H groups in total. The Morgan fingerprint density at radius 1 is 1.50 bits per heavy atom. The van der Waals surface area contributed by atoms with E-state index >= 15 is 0 Å². The minimum Gasteiger partial charge on any atom is -0.299 e. The van der Waals surface area contributed by atoms with E-state index in [-0.39, 0.29) is 12.4 Å². The summed E-state index contributed by atoms with van der Waals surface area (Å²) < 4.78 is 0. The Morgan fingerprint density at radius 3 is 2.93 bits per heavy atom. The van der Waals surface area contributed by atoms with Gasteiger partial charge in [-0.25, -0.2) is 0 Å². The average molecular weight is 229 g/mol. The maximum atomic E-state index is 4.36. The number of hydrazone groups is 1. The van der Waals surface area contributed by atoms with Crippen LogP contribution in [0.2, 0.25) is 0 Å². The highest BCUT2D eigenvalue weighted by atomic mass is 35.5. The van der Waals surface area contributed by atoms with Crippen LogP contribution in [0.1, 0.15) is 11.3 Å². The Morgan fingerprint density at radius 2 is 2.36 bits per heavy atom. The zero-order valence-electron chi connectivity index (χ0n) is 8.01. The molecule has 0 atom stereocenters. The van der Waals surface area contributed by atoms with Gasteiger partial charge in [0.2, 0.25) is 0 Å². The van der Waals surface area contributed by atoms with Crippen molar-refractivity contribution in [2.75, 3.05) is 13.6 Å². The summed E-state index contributed by atoms with van der Waals surface area (Å²) in [5.74, 6) is 0. The predicted molar refractivity (Wildman–Crippen MR) is 65.3 cm³/mol. The van der Waals surface area contributed by atoms with Crippen LogP contribution >= 0.6 is 23.7 Å². The Bertz CT molecular complexity index is 330. The molecule has 1 aliphatic heterocycles. The molecule has 0 amide bonds. The average Bonchev–Trinajstić information content (AvgIpc) is 2.71. The molecule has 0 bridgehead atoms. The van der Waals surface area contributed by atoms with E-state index in [1.54, 1.807) is 11.3 Å². The molecule has 1 aliphatic rings. The minimum absolute atomic E-state index is 0. The highest BCUT2D eigenvalue weighted by Crippen LogP contribution is 2.12.